The van der Waals surface area contributed by atoms with Crippen LogP contribution in [0.1, 0.15) is 25.7 Å². The number of allylic oxidation sites excluding steroid dienone is 1. The third-order valence-corrected chi connectivity index (χ3v) is 2.38. The van der Waals surface area contributed by atoms with Gasteiger partial charge in [0.15, 0.2) is 0 Å². The third-order valence-electron chi connectivity index (χ3n) is 2.38. The zero-order chi connectivity index (χ0) is 8.23. The highest BCUT2D eigenvalue weighted by atomic mass is 16.6. The van der Waals surface area contributed by atoms with Crippen LogP contribution >= 0.6 is 0 Å². The zero-order valence-corrected chi connectivity index (χ0v) is 7.42. The van der Waals surface area contributed by atoms with Crippen LogP contribution in [0.2, 0.25) is 0 Å². The molecule has 1 atom stereocenters. The Morgan fingerprint density at radius 1 is 1.50 bits per heavy atom. The summed E-state index contributed by atoms with van der Waals surface area (Å²) in [6, 6.07) is 0. The predicted molar refractivity (Wildman–Crippen MR) is 47.1 cm³/mol. The van der Waals surface area contributed by atoms with Gasteiger partial charge in [-0.3, -0.25) is 0 Å². The summed E-state index contributed by atoms with van der Waals surface area (Å²) in [7, 11) is 0. The SMILES string of the molecule is C1=C(COCC2CO2)CCCC1. The van der Waals surface area contributed by atoms with Crippen LogP contribution in [0.25, 0.3) is 0 Å². The van der Waals surface area contributed by atoms with E-state index in [1.54, 1.807) is 0 Å². The van der Waals surface area contributed by atoms with Crippen LogP contribution in [-0.4, -0.2) is 25.9 Å². The quantitative estimate of drug-likeness (QED) is 0.472. The summed E-state index contributed by atoms with van der Waals surface area (Å²) in [5.41, 5.74) is 1.49. The first-order chi connectivity index (χ1) is 5.95. The average molecular weight is 168 g/mol. The van der Waals surface area contributed by atoms with Crippen molar-refractivity contribution in [1.82, 2.24) is 0 Å². The molecule has 1 saturated heterocycles. The molecule has 0 radical (unpaired) electrons. The maximum atomic E-state index is 5.50. The van der Waals surface area contributed by atoms with Gasteiger partial charge in [-0.25, -0.2) is 0 Å². The van der Waals surface area contributed by atoms with Gasteiger partial charge in [-0.15, -0.1) is 0 Å². The van der Waals surface area contributed by atoms with E-state index in [0.29, 0.717) is 6.10 Å². The van der Waals surface area contributed by atoms with E-state index in [-0.39, 0.29) is 0 Å². The summed E-state index contributed by atoms with van der Waals surface area (Å²) in [5.74, 6) is 0. The molecule has 1 heterocycles. The van der Waals surface area contributed by atoms with Gasteiger partial charge < -0.3 is 9.47 Å². The van der Waals surface area contributed by atoms with Gasteiger partial charge in [0, 0.05) is 0 Å². The van der Waals surface area contributed by atoms with Crippen molar-refractivity contribution in [3.8, 4) is 0 Å². The molecule has 0 aromatic heterocycles. The molecule has 2 aliphatic rings. The van der Waals surface area contributed by atoms with E-state index in [2.05, 4.69) is 6.08 Å². The molecule has 1 unspecified atom stereocenters. The number of ether oxygens (including phenoxy) is 2. The van der Waals surface area contributed by atoms with E-state index < -0.39 is 0 Å². The Hall–Kier alpha value is -0.340. The van der Waals surface area contributed by atoms with Gasteiger partial charge in [-0.05, 0) is 31.3 Å². The lowest BCUT2D eigenvalue weighted by Gasteiger charge is -2.12. The first-order valence-corrected chi connectivity index (χ1v) is 4.82. The summed E-state index contributed by atoms with van der Waals surface area (Å²) in [6.07, 6.45) is 7.93. The second-order valence-electron chi connectivity index (χ2n) is 3.58. The van der Waals surface area contributed by atoms with E-state index in [4.69, 9.17) is 9.47 Å². The highest BCUT2D eigenvalue weighted by Gasteiger charge is 2.22. The molecule has 0 aromatic carbocycles. The van der Waals surface area contributed by atoms with Gasteiger partial charge in [-0.2, -0.15) is 0 Å². The molecule has 2 rings (SSSR count). The fourth-order valence-electron chi connectivity index (χ4n) is 1.52. The lowest BCUT2D eigenvalue weighted by Crippen LogP contribution is -2.06. The van der Waals surface area contributed by atoms with E-state index >= 15 is 0 Å². The van der Waals surface area contributed by atoms with Crippen LogP contribution in [-0.2, 0) is 9.47 Å². The second-order valence-corrected chi connectivity index (χ2v) is 3.58. The fourth-order valence-corrected chi connectivity index (χ4v) is 1.52. The molecule has 0 bridgehead atoms. The van der Waals surface area contributed by atoms with Crippen molar-refractivity contribution in [3.63, 3.8) is 0 Å². The number of epoxide rings is 1. The zero-order valence-electron chi connectivity index (χ0n) is 7.42. The molecular formula is C10H16O2. The number of hydrogen-bond acceptors (Lipinski definition) is 2. The molecule has 1 fully saturated rings. The lowest BCUT2D eigenvalue weighted by atomic mass is 10.0. The van der Waals surface area contributed by atoms with Crippen molar-refractivity contribution >= 4 is 0 Å². The van der Waals surface area contributed by atoms with Gasteiger partial charge in [-0.1, -0.05) is 6.08 Å². The highest BCUT2D eigenvalue weighted by molar-refractivity contribution is 5.05. The molecule has 1 aliphatic carbocycles. The molecule has 2 nitrogen and oxygen atoms in total. The molecule has 2 heteroatoms. The minimum atomic E-state index is 0.411. The smallest absolute Gasteiger partial charge is 0.104 e. The minimum absolute atomic E-state index is 0.411. The Bertz CT molecular complexity index is 171. The van der Waals surface area contributed by atoms with Crippen molar-refractivity contribution in [3.05, 3.63) is 11.6 Å². The van der Waals surface area contributed by atoms with Gasteiger partial charge in [0.1, 0.15) is 6.10 Å². The van der Waals surface area contributed by atoms with E-state index in [9.17, 15) is 0 Å². The largest absolute Gasteiger partial charge is 0.374 e. The van der Waals surface area contributed by atoms with Gasteiger partial charge in [0.05, 0.1) is 19.8 Å². The molecule has 68 valence electrons. The van der Waals surface area contributed by atoms with E-state index in [1.165, 1.54) is 31.3 Å². The summed E-state index contributed by atoms with van der Waals surface area (Å²) >= 11 is 0. The summed E-state index contributed by atoms with van der Waals surface area (Å²) in [4.78, 5) is 0. The number of hydrogen-bond donors (Lipinski definition) is 0. The highest BCUT2D eigenvalue weighted by Crippen LogP contribution is 2.18. The number of rotatable bonds is 4. The summed E-state index contributed by atoms with van der Waals surface area (Å²) in [6.45, 7) is 2.52. The van der Waals surface area contributed by atoms with Crippen molar-refractivity contribution in [2.24, 2.45) is 0 Å². The predicted octanol–water partition coefficient (Wildman–Crippen LogP) is 1.90. The molecule has 1 aliphatic heterocycles. The molecule has 0 amide bonds. The van der Waals surface area contributed by atoms with E-state index in [0.717, 1.165) is 19.8 Å². The van der Waals surface area contributed by atoms with Crippen molar-refractivity contribution in [1.29, 1.82) is 0 Å². The van der Waals surface area contributed by atoms with E-state index in [1.807, 2.05) is 0 Å². The topological polar surface area (TPSA) is 21.8 Å². The van der Waals surface area contributed by atoms with Crippen molar-refractivity contribution < 1.29 is 9.47 Å². The molecule has 0 aromatic rings. The Balaban J connectivity index is 1.60. The van der Waals surface area contributed by atoms with Gasteiger partial charge >= 0.3 is 0 Å². The van der Waals surface area contributed by atoms with Crippen LogP contribution in [0, 0.1) is 0 Å². The normalized spacial score (nSPS) is 28.3. The maximum absolute atomic E-state index is 5.50. The Morgan fingerprint density at radius 2 is 2.42 bits per heavy atom. The van der Waals surface area contributed by atoms with Crippen LogP contribution < -0.4 is 0 Å². The minimum Gasteiger partial charge on any atom is -0.374 e. The monoisotopic (exact) mass is 168 g/mol. The molecule has 0 spiro atoms. The molecular weight excluding hydrogens is 152 g/mol. The van der Waals surface area contributed by atoms with Crippen LogP contribution in [0.3, 0.4) is 0 Å². The Morgan fingerprint density at radius 3 is 3.08 bits per heavy atom. The van der Waals surface area contributed by atoms with Crippen molar-refractivity contribution in [2.45, 2.75) is 31.8 Å². The van der Waals surface area contributed by atoms with Crippen molar-refractivity contribution in [2.75, 3.05) is 19.8 Å². The lowest BCUT2D eigenvalue weighted by molar-refractivity contribution is 0.133. The molecule has 12 heavy (non-hydrogen) atoms. The average Bonchev–Trinajstić information content (AvgIpc) is 2.90. The summed E-state index contributed by atoms with van der Waals surface area (Å²) < 4.78 is 10.6. The van der Waals surface area contributed by atoms with Crippen LogP contribution in [0.4, 0.5) is 0 Å². The Kier molecular flexibility index (Phi) is 2.79. The Labute approximate surface area is 73.5 Å². The fraction of sp³-hybridized carbons (Fsp3) is 0.800. The summed E-state index contributed by atoms with van der Waals surface area (Å²) in [5, 5.41) is 0. The first kappa shape index (κ1) is 8.27. The van der Waals surface area contributed by atoms with Gasteiger partial charge in [0.2, 0.25) is 0 Å². The molecule has 0 N–H and O–H groups in total. The van der Waals surface area contributed by atoms with Crippen LogP contribution in [0.15, 0.2) is 11.6 Å². The third kappa shape index (κ3) is 2.61. The second kappa shape index (κ2) is 4.06. The molecule has 0 saturated carbocycles. The maximum Gasteiger partial charge on any atom is 0.104 e. The standard InChI is InChI=1S/C10H16O2/c1-2-4-9(5-3-1)6-11-7-10-8-12-10/h4,10H,1-3,5-8H2. The van der Waals surface area contributed by atoms with Gasteiger partial charge in [0.25, 0.3) is 0 Å². The first-order valence-electron chi connectivity index (χ1n) is 4.82. The van der Waals surface area contributed by atoms with Crippen LogP contribution in [0.5, 0.6) is 0 Å².